The molecule has 1 saturated heterocycles. The average molecular weight is 219 g/mol. The molecule has 0 aromatic heterocycles. The van der Waals surface area contributed by atoms with Gasteiger partial charge in [-0.3, -0.25) is 4.79 Å². The number of halogens is 1. The topological polar surface area (TPSA) is 26.3 Å². The van der Waals surface area contributed by atoms with Crippen LogP contribution in [-0.2, 0) is 9.53 Å². The Kier molecular flexibility index (Phi) is 1.80. The highest BCUT2D eigenvalue weighted by Crippen LogP contribution is 2.47. The van der Waals surface area contributed by atoms with Crippen molar-refractivity contribution in [1.82, 2.24) is 0 Å². The Hall–Kier alpha value is 0.110. The molecule has 1 heterocycles. The molecule has 3 heteroatoms. The summed E-state index contributed by atoms with van der Waals surface area (Å²) >= 11 is 3.39. The minimum atomic E-state index is 0.259. The highest BCUT2D eigenvalue weighted by Gasteiger charge is 2.48. The third-order valence-electron chi connectivity index (χ3n) is 2.60. The Morgan fingerprint density at radius 2 is 2.36 bits per heavy atom. The van der Waals surface area contributed by atoms with Crippen LogP contribution in [0.4, 0.5) is 0 Å². The Morgan fingerprint density at radius 1 is 1.64 bits per heavy atom. The van der Waals surface area contributed by atoms with E-state index in [2.05, 4.69) is 15.9 Å². The summed E-state index contributed by atoms with van der Waals surface area (Å²) in [7, 11) is 0. The molecule has 11 heavy (non-hydrogen) atoms. The molecule has 1 spiro atoms. The number of carbonyl (C=O) groups is 1. The maximum atomic E-state index is 10.8. The third kappa shape index (κ3) is 1.25. The average Bonchev–Trinajstić information content (AvgIpc) is 2.31. The highest BCUT2D eigenvalue weighted by molar-refractivity contribution is 9.09. The maximum absolute atomic E-state index is 10.8. The number of alkyl halides is 1. The van der Waals surface area contributed by atoms with Gasteiger partial charge in [0.05, 0.1) is 12.7 Å². The number of carbonyl (C=O) groups excluding carboxylic acids is 1. The highest BCUT2D eigenvalue weighted by atomic mass is 79.9. The molecule has 0 aromatic rings. The SMILES string of the molecule is O=C1CC2(COC(CBr)C2)C1. The molecule has 2 nitrogen and oxygen atoms in total. The second-order valence-corrected chi connectivity index (χ2v) is 4.33. The van der Waals surface area contributed by atoms with Gasteiger partial charge in [-0.2, -0.15) is 0 Å². The van der Waals surface area contributed by atoms with E-state index in [1.807, 2.05) is 0 Å². The number of Topliss-reactive ketones (excluding diaryl/α,β-unsaturated/α-hetero) is 1. The predicted molar refractivity (Wildman–Crippen MR) is 44.8 cm³/mol. The van der Waals surface area contributed by atoms with Crippen molar-refractivity contribution in [2.75, 3.05) is 11.9 Å². The van der Waals surface area contributed by atoms with E-state index in [1.165, 1.54) is 0 Å². The zero-order chi connectivity index (χ0) is 7.90. The van der Waals surface area contributed by atoms with Crippen LogP contribution in [0.5, 0.6) is 0 Å². The number of ketones is 1. The molecule has 1 saturated carbocycles. The summed E-state index contributed by atoms with van der Waals surface area (Å²) in [6.45, 7) is 0.801. The van der Waals surface area contributed by atoms with Crippen LogP contribution in [-0.4, -0.2) is 23.8 Å². The van der Waals surface area contributed by atoms with Crippen LogP contribution >= 0.6 is 15.9 Å². The van der Waals surface area contributed by atoms with Gasteiger partial charge in [-0.1, -0.05) is 15.9 Å². The molecule has 0 amide bonds. The van der Waals surface area contributed by atoms with Crippen molar-refractivity contribution in [2.24, 2.45) is 5.41 Å². The molecule has 2 aliphatic rings. The Morgan fingerprint density at radius 3 is 2.82 bits per heavy atom. The van der Waals surface area contributed by atoms with Crippen LogP contribution in [0.3, 0.4) is 0 Å². The fraction of sp³-hybridized carbons (Fsp3) is 0.875. The summed E-state index contributed by atoms with van der Waals surface area (Å²) in [5, 5.41) is 0.906. The van der Waals surface area contributed by atoms with Crippen LogP contribution in [0, 0.1) is 5.41 Å². The van der Waals surface area contributed by atoms with Crippen molar-refractivity contribution in [3.8, 4) is 0 Å². The van der Waals surface area contributed by atoms with Crippen molar-refractivity contribution >= 4 is 21.7 Å². The van der Waals surface area contributed by atoms with E-state index in [1.54, 1.807) is 0 Å². The fourth-order valence-electron chi connectivity index (χ4n) is 2.03. The maximum Gasteiger partial charge on any atom is 0.134 e. The van der Waals surface area contributed by atoms with E-state index in [4.69, 9.17) is 4.74 Å². The van der Waals surface area contributed by atoms with Crippen LogP contribution in [0.15, 0.2) is 0 Å². The number of rotatable bonds is 1. The molecular formula is C8H11BrO2. The Bertz CT molecular complexity index is 183. The summed E-state index contributed by atoms with van der Waals surface area (Å²) < 4.78 is 5.51. The lowest BCUT2D eigenvalue weighted by Gasteiger charge is -2.34. The predicted octanol–water partition coefficient (Wildman–Crippen LogP) is 1.52. The van der Waals surface area contributed by atoms with Crippen molar-refractivity contribution < 1.29 is 9.53 Å². The van der Waals surface area contributed by atoms with Crippen LogP contribution < -0.4 is 0 Å². The molecule has 1 atom stereocenters. The van der Waals surface area contributed by atoms with Crippen LogP contribution in [0.2, 0.25) is 0 Å². The van der Waals surface area contributed by atoms with Gasteiger partial charge < -0.3 is 4.74 Å². The molecule has 2 fully saturated rings. The van der Waals surface area contributed by atoms with Crippen molar-refractivity contribution in [2.45, 2.75) is 25.4 Å². The lowest BCUT2D eigenvalue weighted by Crippen LogP contribution is -2.38. The van der Waals surface area contributed by atoms with Crippen molar-refractivity contribution in [1.29, 1.82) is 0 Å². The van der Waals surface area contributed by atoms with Crippen LogP contribution in [0.25, 0.3) is 0 Å². The van der Waals surface area contributed by atoms with E-state index in [-0.39, 0.29) is 5.41 Å². The monoisotopic (exact) mass is 218 g/mol. The molecule has 62 valence electrons. The van der Waals surface area contributed by atoms with Crippen LogP contribution in [0.1, 0.15) is 19.3 Å². The van der Waals surface area contributed by atoms with Crippen molar-refractivity contribution in [3.63, 3.8) is 0 Å². The minimum Gasteiger partial charge on any atom is -0.377 e. The first-order valence-electron chi connectivity index (χ1n) is 3.93. The first-order chi connectivity index (χ1) is 5.24. The van der Waals surface area contributed by atoms with Gasteiger partial charge >= 0.3 is 0 Å². The normalized spacial score (nSPS) is 34.3. The second kappa shape index (κ2) is 2.56. The summed E-state index contributed by atoms with van der Waals surface area (Å²) in [5.74, 6) is 0.406. The second-order valence-electron chi connectivity index (χ2n) is 3.68. The molecular weight excluding hydrogens is 208 g/mol. The molecule has 1 aliphatic carbocycles. The van der Waals surface area contributed by atoms with E-state index >= 15 is 0 Å². The van der Waals surface area contributed by atoms with Crippen molar-refractivity contribution in [3.05, 3.63) is 0 Å². The molecule has 0 bridgehead atoms. The Balaban J connectivity index is 1.94. The molecule has 0 N–H and O–H groups in total. The van der Waals surface area contributed by atoms with Gasteiger partial charge in [0.1, 0.15) is 5.78 Å². The number of hydrogen-bond donors (Lipinski definition) is 0. The Labute approximate surface area is 74.4 Å². The third-order valence-corrected chi connectivity index (χ3v) is 3.32. The summed E-state index contributed by atoms with van der Waals surface area (Å²) in [5.41, 5.74) is 0.259. The molecule has 2 rings (SSSR count). The zero-order valence-corrected chi connectivity index (χ0v) is 7.89. The number of ether oxygens (including phenoxy) is 1. The quantitative estimate of drug-likeness (QED) is 0.625. The van der Waals surface area contributed by atoms with E-state index in [0.717, 1.165) is 31.2 Å². The molecule has 1 unspecified atom stereocenters. The molecule has 1 aliphatic heterocycles. The lowest BCUT2D eigenvalue weighted by atomic mass is 9.67. The fourth-order valence-corrected chi connectivity index (χ4v) is 2.44. The number of hydrogen-bond acceptors (Lipinski definition) is 2. The van der Waals surface area contributed by atoms with Gasteiger partial charge in [-0.25, -0.2) is 0 Å². The van der Waals surface area contributed by atoms with Gasteiger partial charge in [0.15, 0.2) is 0 Å². The summed E-state index contributed by atoms with van der Waals surface area (Å²) in [6.07, 6.45) is 2.94. The van der Waals surface area contributed by atoms with Gasteiger partial charge in [0.2, 0.25) is 0 Å². The first kappa shape index (κ1) is 7.74. The smallest absolute Gasteiger partial charge is 0.134 e. The summed E-state index contributed by atoms with van der Waals surface area (Å²) in [6, 6.07) is 0. The minimum absolute atomic E-state index is 0.259. The standard InChI is InChI=1S/C8H11BrO2/c9-4-7-3-8(5-11-7)1-6(10)2-8/h7H,1-5H2. The summed E-state index contributed by atoms with van der Waals surface area (Å²) in [4.78, 5) is 10.8. The molecule has 0 radical (unpaired) electrons. The van der Waals surface area contributed by atoms with E-state index in [0.29, 0.717) is 11.9 Å². The largest absolute Gasteiger partial charge is 0.377 e. The van der Waals surface area contributed by atoms with Gasteiger partial charge in [-0.15, -0.1) is 0 Å². The van der Waals surface area contributed by atoms with Gasteiger partial charge in [-0.05, 0) is 6.42 Å². The van der Waals surface area contributed by atoms with E-state index < -0.39 is 0 Å². The zero-order valence-electron chi connectivity index (χ0n) is 6.31. The lowest BCUT2D eigenvalue weighted by molar-refractivity contribution is -0.132. The van der Waals surface area contributed by atoms with Gasteiger partial charge in [0, 0.05) is 23.6 Å². The van der Waals surface area contributed by atoms with E-state index in [9.17, 15) is 4.79 Å². The van der Waals surface area contributed by atoms with Gasteiger partial charge in [0.25, 0.3) is 0 Å². The first-order valence-corrected chi connectivity index (χ1v) is 5.06. The molecule has 0 aromatic carbocycles.